The number of nitrogens with zero attached hydrogens (tertiary/aromatic N) is 3. The Morgan fingerprint density at radius 2 is 1.48 bits per heavy atom. The van der Waals surface area contributed by atoms with Crippen LogP contribution in [-0.2, 0) is 23.1 Å². The van der Waals surface area contributed by atoms with Gasteiger partial charge in [0.15, 0.2) is 0 Å². The molecule has 1 aliphatic heterocycles. The number of methoxy groups -OCH3 is 2. The summed E-state index contributed by atoms with van der Waals surface area (Å²) in [7, 11) is -0.926. The Balaban J connectivity index is 1.11. The number of H-pyrrole nitrogens is 1. The highest BCUT2D eigenvalue weighted by Crippen LogP contribution is 2.44. The summed E-state index contributed by atoms with van der Waals surface area (Å²) in [6.07, 6.45) is 9.81. The predicted molar refractivity (Wildman–Crippen MR) is 240 cm³/mol. The summed E-state index contributed by atoms with van der Waals surface area (Å²) in [5, 5.41) is 1.61. The van der Waals surface area contributed by atoms with Gasteiger partial charge in [-0.25, -0.2) is 13.4 Å². The Morgan fingerprint density at radius 3 is 2.12 bits per heavy atom. The average molecular weight is 843 g/mol. The topological polar surface area (TPSA) is 97.0 Å². The quantitative estimate of drug-likeness (QED) is 0.117. The molecule has 0 radical (unpaired) electrons. The number of benzene rings is 4. The third kappa shape index (κ3) is 9.48. The van der Waals surface area contributed by atoms with Crippen LogP contribution in [0.2, 0.25) is 5.02 Å². The van der Waals surface area contributed by atoms with Crippen LogP contribution in [0.15, 0.2) is 132 Å². The lowest BCUT2D eigenvalue weighted by Gasteiger charge is -2.36. The second kappa shape index (κ2) is 17.7. The molecular formula is C49H51ClN4O5S. The van der Waals surface area contributed by atoms with E-state index < -0.39 is 10.0 Å². The zero-order chi connectivity index (χ0) is 41.9. The number of allylic oxidation sites excluding steroid dienone is 1. The fourth-order valence-electron chi connectivity index (χ4n) is 8.19. The molecule has 310 valence electrons. The minimum Gasteiger partial charge on any atom is -0.497 e. The number of aromatic nitrogens is 2. The molecule has 4 aromatic carbocycles. The summed E-state index contributed by atoms with van der Waals surface area (Å²) in [5.74, 6) is 2.07. The second-order valence-corrected chi connectivity index (χ2v) is 18.8. The van der Waals surface area contributed by atoms with E-state index in [1.54, 1.807) is 26.5 Å². The number of ether oxygens (including phenoxy) is 3. The molecule has 1 aliphatic carbocycles. The van der Waals surface area contributed by atoms with E-state index in [0.717, 1.165) is 83.6 Å². The minimum absolute atomic E-state index is 0.0716. The van der Waals surface area contributed by atoms with E-state index >= 15 is 8.42 Å². The van der Waals surface area contributed by atoms with Crippen molar-refractivity contribution in [2.24, 2.45) is 5.41 Å². The summed E-state index contributed by atoms with van der Waals surface area (Å²) in [6.45, 7) is 7.57. The lowest BCUT2D eigenvalue weighted by molar-refractivity contribution is 0.296. The number of rotatable bonds is 14. The third-order valence-corrected chi connectivity index (χ3v) is 13.7. The second-order valence-electron chi connectivity index (χ2n) is 16.5. The van der Waals surface area contributed by atoms with Gasteiger partial charge in [0.2, 0.25) is 10.0 Å². The summed E-state index contributed by atoms with van der Waals surface area (Å²) >= 11 is 6.27. The molecule has 0 atom stereocenters. The van der Waals surface area contributed by atoms with Gasteiger partial charge in [-0.3, -0.25) is 4.90 Å². The van der Waals surface area contributed by atoms with Gasteiger partial charge in [-0.05, 0) is 125 Å². The zero-order valence-electron chi connectivity index (χ0n) is 34.6. The molecule has 3 heterocycles. The maximum atomic E-state index is 15.0. The lowest BCUT2D eigenvalue weighted by Crippen LogP contribution is -2.32. The van der Waals surface area contributed by atoms with E-state index in [0.29, 0.717) is 17.2 Å². The van der Waals surface area contributed by atoms with Crippen molar-refractivity contribution in [1.82, 2.24) is 19.2 Å². The van der Waals surface area contributed by atoms with Crippen LogP contribution in [0.3, 0.4) is 0 Å². The van der Waals surface area contributed by atoms with Gasteiger partial charge in [0.05, 0.1) is 20.4 Å². The number of hydrogen-bond acceptors (Lipinski definition) is 7. The van der Waals surface area contributed by atoms with Crippen molar-refractivity contribution in [2.75, 3.05) is 33.9 Å². The van der Waals surface area contributed by atoms with Crippen LogP contribution in [0.1, 0.15) is 61.8 Å². The Bertz CT molecular complexity index is 2590. The van der Waals surface area contributed by atoms with Crippen LogP contribution in [0.4, 0.5) is 0 Å². The molecule has 9 nitrogen and oxygen atoms in total. The standard InChI is InChI=1S/C49H51ClN4O5S/c1-49(2)23-19-40(45(29-49)37-9-12-41(50)13-10-37)33-53-25-21-36(22-26-53)38-11-18-47(46(28-38)59-44-27-39-20-24-51-48(39)52-30-44)60(55,56)54(31-34-5-14-42(57-3)15-6-34)32-35-7-16-43(58-4)17-8-35/h5-18,20-21,24,27-28,30H,19,22-23,25-26,29,31-33H2,1-4H3,(H,51,52). The Kier molecular flexibility index (Phi) is 12.2. The van der Waals surface area contributed by atoms with Crippen molar-refractivity contribution in [3.05, 3.63) is 154 Å². The number of hydrogen-bond donors (Lipinski definition) is 1. The van der Waals surface area contributed by atoms with Crippen molar-refractivity contribution in [3.8, 4) is 23.0 Å². The first-order chi connectivity index (χ1) is 29.0. The number of aromatic amines is 1. The van der Waals surface area contributed by atoms with Crippen LogP contribution in [0.25, 0.3) is 22.2 Å². The van der Waals surface area contributed by atoms with Gasteiger partial charge < -0.3 is 19.2 Å². The predicted octanol–water partition coefficient (Wildman–Crippen LogP) is 11.2. The molecule has 1 N–H and O–H groups in total. The number of fused-ring (bicyclic) bond motifs is 1. The molecule has 6 aromatic rings. The summed E-state index contributed by atoms with van der Waals surface area (Å²) < 4.78 is 48.8. The largest absolute Gasteiger partial charge is 0.497 e. The van der Waals surface area contributed by atoms with E-state index in [1.165, 1.54) is 21.0 Å². The minimum atomic E-state index is -4.14. The highest BCUT2D eigenvalue weighted by molar-refractivity contribution is 7.89. The average Bonchev–Trinajstić information content (AvgIpc) is 3.73. The molecule has 11 heteroatoms. The molecule has 60 heavy (non-hydrogen) atoms. The molecule has 0 saturated carbocycles. The number of sulfonamides is 1. The third-order valence-electron chi connectivity index (χ3n) is 11.7. The molecule has 0 unspecified atom stereocenters. The summed E-state index contributed by atoms with van der Waals surface area (Å²) in [5.41, 5.74) is 8.89. The summed E-state index contributed by atoms with van der Waals surface area (Å²) in [4.78, 5) is 10.2. The van der Waals surface area contributed by atoms with Crippen LogP contribution < -0.4 is 14.2 Å². The normalized spacial score (nSPS) is 15.9. The number of halogens is 1. The van der Waals surface area contributed by atoms with Gasteiger partial charge in [-0.2, -0.15) is 4.31 Å². The van der Waals surface area contributed by atoms with Crippen molar-refractivity contribution in [2.45, 2.75) is 57.5 Å². The fourth-order valence-corrected chi connectivity index (χ4v) is 9.83. The smallest absolute Gasteiger partial charge is 0.247 e. The van der Waals surface area contributed by atoms with Crippen LogP contribution in [0.5, 0.6) is 23.0 Å². The zero-order valence-corrected chi connectivity index (χ0v) is 36.2. The van der Waals surface area contributed by atoms with Crippen LogP contribution >= 0.6 is 11.6 Å². The highest BCUT2D eigenvalue weighted by Gasteiger charge is 2.31. The Hall–Kier alpha value is -5.39. The molecular weight excluding hydrogens is 792 g/mol. The lowest BCUT2D eigenvalue weighted by atomic mass is 9.72. The number of pyridine rings is 1. The van der Waals surface area contributed by atoms with Gasteiger partial charge in [0, 0.05) is 49.3 Å². The van der Waals surface area contributed by atoms with Crippen molar-refractivity contribution in [1.29, 1.82) is 0 Å². The van der Waals surface area contributed by atoms with Crippen molar-refractivity contribution >= 4 is 43.8 Å². The highest BCUT2D eigenvalue weighted by atomic mass is 35.5. The van der Waals surface area contributed by atoms with E-state index in [9.17, 15) is 0 Å². The van der Waals surface area contributed by atoms with Gasteiger partial charge in [-0.15, -0.1) is 0 Å². The first-order valence-corrected chi connectivity index (χ1v) is 22.2. The van der Waals surface area contributed by atoms with Crippen LogP contribution in [-0.4, -0.2) is 61.4 Å². The maximum Gasteiger partial charge on any atom is 0.247 e. The first kappa shape index (κ1) is 41.3. The van der Waals surface area contributed by atoms with Gasteiger partial charge in [0.1, 0.15) is 33.5 Å². The van der Waals surface area contributed by atoms with Gasteiger partial charge in [0.25, 0.3) is 0 Å². The molecule has 0 saturated heterocycles. The van der Waals surface area contributed by atoms with E-state index in [1.807, 2.05) is 91.1 Å². The Labute approximate surface area is 358 Å². The van der Waals surface area contributed by atoms with Crippen LogP contribution in [0, 0.1) is 5.41 Å². The monoisotopic (exact) mass is 842 g/mol. The molecule has 0 bridgehead atoms. The molecule has 0 amide bonds. The fraction of sp³-hybridized carbons (Fsp3) is 0.286. The number of nitrogens with one attached hydrogen (secondary N) is 1. The van der Waals surface area contributed by atoms with E-state index in [4.69, 9.17) is 25.8 Å². The van der Waals surface area contributed by atoms with Gasteiger partial charge >= 0.3 is 0 Å². The Morgan fingerprint density at radius 1 is 0.817 bits per heavy atom. The SMILES string of the molecule is COc1ccc(CN(Cc2ccc(OC)cc2)S(=O)(=O)c2ccc(C3=CCN(CC4=C(c5ccc(Cl)cc5)CC(C)(C)CC4)CC3)cc2Oc2cnc3[nH]ccc3c2)cc1. The van der Waals surface area contributed by atoms with E-state index in [2.05, 4.69) is 46.9 Å². The van der Waals surface area contributed by atoms with E-state index in [-0.39, 0.29) is 29.1 Å². The van der Waals surface area contributed by atoms with Crippen molar-refractivity contribution in [3.63, 3.8) is 0 Å². The summed E-state index contributed by atoms with van der Waals surface area (Å²) in [6, 6.07) is 32.4. The molecule has 8 rings (SSSR count). The molecule has 2 aliphatic rings. The molecule has 2 aromatic heterocycles. The molecule has 0 fully saturated rings. The van der Waals surface area contributed by atoms with Gasteiger partial charge in [-0.1, -0.05) is 79.6 Å². The molecule has 0 spiro atoms. The maximum absolute atomic E-state index is 15.0. The van der Waals surface area contributed by atoms with Crippen molar-refractivity contribution < 1.29 is 22.6 Å². The first-order valence-electron chi connectivity index (χ1n) is 20.4.